The van der Waals surface area contributed by atoms with Gasteiger partial charge in [-0.2, -0.15) is 5.06 Å². The van der Waals surface area contributed by atoms with Crippen molar-refractivity contribution in [3.05, 3.63) is 0 Å². The third-order valence-electron chi connectivity index (χ3n) is 14.4. The second-order valence-corrected chi connectivity index (χ2v) is 17.6. The zero-order chi connectivity index (χ0) is 35.2. The number of fused-ring (bicyclic) bond motifs is 3. The highest BCUT2D eigenvalue weighted by molar-refractivity contribution is 5.83. The number of hydroxylamine groups is 2. The largest absolute Gasteiger partial charge is 0.394 e. The Labute approximate surface area is 294 Å². The Balaban J connectivity index is 1.16. The van der Waals surface area contributed by atoms with Gasteiger partial charge in [0.1, 0.15) is 12.1 Å². The van der Waals surface area contributed by atoms with Crippen LogP contribution in [0.4, 0.5) is 0 Å². The minimum Gasteiger partial charge on any atom is -0.394 e. The standard InChI is InChI=1S/C38H66N4O7/c1-21-29-17-26(38(29,3)4)18-30(21)40-37(46)33-32(22(2)44)31(20-43)49-42(33)19-24-9-8-10-27(34(24)47-7)25-15-23-11-14-48-35(23)28(16-25)36(45)39-12-13-41(5)6/h21-35,43-44H,8-20H2,1-7H3,(H,39,45)(H,40,46)/t21-,22-,23?,24?,25?,26+,27?,28?,29-,30+,31-,32+,33-,34?,35?/m0/s1. The molecule has 0 radical (unpaired) electrons. The van der Waals surface area contributed by atoms with Gasteiger partial charge < -0.3 is 35.2 Å². The number of likely N-dealkylation sites (N-methyl/N-ethyl adjacent to an activating group) is 1. The zero-order valence-electron chi connectivity index (χ0n) is 31.2. The van der Waals surface area contributed by atoms with Crippen molar-refractivity contribution in [2.45, 2.75) is 116 Å². The SMILES string of the molecule is COC1C(CN2O[C@@H](CO)[C@@H]([C@H](C)O)[C@H]2C(=O)N[C@@H]2C[C@H]3C[C@@H]([C@@H]2C)C3(C)C)CCCC1C1CC2CCOC2C(C(=O)NCCN(C)C)C1. The van der Waals surface area contributed by atoms with Crippen LogP contribution in [0.2, 0.25) is 0 Å². The van der Waals surface area contributed by atoms with Crippen molar-refractivity contribution >= 4 is 11.8 Å². The number of amides is 2. The summed E-state index contributed by atoms with van der Waals surface area (Å²) in [5.74, 6) is 2.02. The maximum absolute atomic E-state index is 14.2. The van der Waals surface area contributed by atoms with Gasteiger partial charge in [0.2, 0.25) is 11.8 Å². The molecule has 5 saturated carbocycles. The van der Waals surface area contributed by atoms with Crippen LogP contribution < -0.4 is 10.6 Å². The van der Waals surface area contributed by atoms with E-state index in [-0.39, 0.29) is 54.4 Å². The van der Waals surface area contributed by atoms with Crippen molar-refractivity contribution in [1.82, 2.24) is 20.6 Å². The molecule has 2 amide bonds. The molecule has 7 fully saturated rings. The number of nitrogens with zero attached hydrogens (tertiary/aromatic N) is 2. The molecule has 0 aromatic carbocycles. The number of methoxy groups -OCH3 is 1. The Morgan fingerprint density at radius 3 is 2.51 bits per heavy atom. The Bertz CT molecular complexity index is 1150. The quantitative estimate of drug-likeness (QED) is 0.244. The van der Waals surface area contributed by atoms with Crippen LogP contribution in [0.5, 0.6) is 0 Å². The number of hydrogen-bond acceptors (Lipinski definition) is 9. The van der Waals surface area contributed by atoms with Crippen LogP contribution >= 0.6 is 0 Å². The van der Waals surface area contributed by atoms with E-state index in [1.54, 1.807) is 19.1 Å². The lowest BCUT2D eigenvalue weighted by molar-refractivity contribution is -0.193. The lowest BCUT2D eigenvalue weighted by atomic mass is 9.45. The summed E-state index contributed by atoms with van der Waals surface area (Å²) >= 11 is 0. The summed E-state index contributed by atoms with van der Waals surface area (Å²) in [6, 6.07) is -0.600. The highest BCUT2D eigenvalue weighted by Crippen LogP contribution is 2.61. The van der Waals surface area contributed by atoms with E-state index in [1.165, 1.54) is 6.42 Å². The van der Waals surface area contributed by atoms with Gasteiger partial charge in [0.15, 0.2) is 0 Å². The molecule has 7 aliphatic rings. The van der Waals surface area contributed by atoms with Crippen molar-refractivity contribution in [3.63, 3.8) is 0 Å². The molecule has 5 aliphatic carbocycles. The van der Waals surface area contributed by atoms with Crippen LogP contribution in [-0.2, 0) is 23.9 Å². The predicted octanol–water partition coefficient (Wildman–Crippen LogP) is 2.69. The number of carbonyl (C=O) groups is 2. The molecule has 2 bridgehead atoms. The van der Waals surface area contributed by atoms with Gasteiger partial charge in [0.25, 0.3) is 0 Å². The van der Waals surface area contributed by atoms with Gasteiger partial charge in [-0.05, 0) is 107 Å². The maximum atomic E-state index is 14.2. The molecule has 280 valence electrons. The lowest BCUT2D eigenvalue weighted by Gasteiger charge is -2.62. The second kappa shape index (κ2) is 15.3. The molecule has 0 aromatic heterocycles. The van der Waals surface area contributed by atoms with Crippen LogP contribution in [-0.4, -0.2) is 123 Å². The molecule has 2 aliphatic heterocycles. The van der Waals surface area contributed by atoms with Crippen molar-refractivity contribution in [2.24, 2.45) is 58.7 Å². The van der Waals surface area contributed by atoms with Crippen molar-refractivity contribution in [3.8, 4) is 0 Å². The molecule has 11 nitrogen and oxygen atoms in total. The monoisotopic (exact) mass is 690 g/mol. The van der Waals surface area contributed by atoms with Gasteiger partial charge in [-0.25, -0.2) is 0 Å². The number of aliphatic hydroxyl groups is 2. The Kier molecular flexibility index (Phi) is 11.7. The molecule has 4 N–H and O–H groups in total. The van der Waals surface area contributed by atoms with E-state index >= 15 is 0 Å². The summed E-state index contributed by atoms with van der Waals surface area (Å²) in [4.78, 5) is 36.2. The summed E-state index contributed by atoms with van der Waals surface area (Å²) < 4.78 is 12.5. The van der Waals surface area contributed by atoms with E-state index in [9.17, 15) is 19.8 Å². The maximum Gasteiger partial charge on any atom is 0.240 e. The third kappa shape index (κ3) is 7.33. The summed E-state index contributed by atoms with van der Waals surface area (Å²) in [5, 5.41) is 29.7. The molecule has 15 atom stereocenters. The zero-order valence-corrected chi connectivity index (χ0v) is 31.2. The Morgan fingerprint density at radius 1 is 1.08 bits per heavy atom. The summed E-state index contributed by atoms with van der Waals surface area (Å²) in [6.07, 6.45) is 6.55. The van der Waals surface area contributed by atoms with E-state index in [0.717, 1.165) is 58.1 Å². The van der Waals surface area contributed by atoms with Crippen LogP contribution in [0.1, 0.15) is 79.1 Å². The van der Waals surface area contributed by atoms with Gasteiger partial charge in [-0.1, -0.05) is 27.2 Å². The number of hydrogen-bond donors (Lipinski definition) is 4. The molecule has 7 unspecified atom stereocenters. The van der Waals surface area contributed by atoms with Gasteiger partial charge in [-0.15, -0.1) is 0 Å². The Hall–Kier alpha value is -1.34. The molecule has 2 heterocycles. The molecule has 7 rings (SSSR count). The Morgan fingerprint density at radius 2 is 1.86 bits per heavy atom. The molecular formula is C38H66N4O7. The van der Waals surface area contributed by atoms with Gasteiger partial charge in [-0.3, -0.25) is 14.4 Å². The van der Waals surface area contributed by atoms with Crippen LogP contribution in [0, 0.1) is 58.7 Å². The topological polar surface area (TPSA) is 133 Å². The molecule has 49 heavy (non-hydrogen) atoms. The van der Waals surface area contributed by atoms with E-state index < -0.39 is 24.2 Å². The van der Waals surface area contributed by atoms with Crippen molar-refractivity contribution < 1.29 is 34.1 Å². The average Bonchev–Trinajstić information content (AvgIpc) is 3.69. The fraction of sp³-hybridized carbons (Fsp3) is 0.947. The molecular weight excluding hydrogens is 624 g/mol. The molecule has 11 heteroatoms. The smallest absolute Gasteiger partial charge is 0.240 e. The highest BCUT2D eigenvalue weighted by Gasteiger charge is 2.58. The minimum atomic E-state index is -0.823. The van der Waals surface area contributed by atoms with Crippen LogP contribution in [0.25, 0.3) is 0 Å². The minimum absolute atomic E-state index is 0.00932. The number of ether oxygens (including phenoxy) is 2. The van der Waals surface area contributed by atoms with Gasteiger partial charge in [0.05, 0.1) is 30.8 Å². The summed E-state index contributed by atoms with van der Waals surface area (Å²) in [7, 11) is 5.83. The van der Waals surface area contributed by atoms with Crippen LogP contribution in [0.3, 0.4) is 0 Å². The fourth-order valence-corrected chi connectivity index (χ4v) is 11.5. The first-order valence-electron chi connectivity index (χ1n) is 19.4. The van der Waals surface area contributed by atoms with Crippen LogP contribution in [0.15, 0.2) is 0 Å². The third-order valence-corrected chi connectivity index (χ3v) is 14.4. The first-order chi connectivity index (χ1) is 23.3. The molecule has 2 saturated heterocycles. The number of aliphatic hydroxyl groups excluding tert-OH is 2. The summed E-state index contributed by atoms with van der Waals surface area (Å²) in [6.45, 7) is 11.1. The number of nitrogens with one attached hydrogen (secondary N) is 2. The fourth-order valence-electron chi connectivity index (χ4n) is 11.5. The lowest BCUT2D eigenvalue weighted by Crippen LogP contribution is -2.62. The average molecular weight is 691 g/mol. The van der Waals surface area contributed by atoms with E-state index in [1.807, 2.05) is 14.1 Å². The number of carbonyl (C=O) groups excluding carboxylic acids is 2. The van der Waals surface area contributed by atoms with E-state index in [0.29, 0.717) is 48.1 Å². The normalized spacial score (nSPS) is 43.9. The van der Waals surface area contributed by atoms with E-state index in [2.05, 4.69) is 36.3 Å². The first-order valence-corrected chi connectivity index (χ1v) is 19.4. The molecule has 0 aromatic rings. The van der Waals surface area contributed by atoms with Gasteiger partial charge >= 0.3 is 0 Å². The first kappa shape index (κ1) is 37.4. The van der Waals surface area contributed by atoms with E-state index in [4.69, 9.17) is 14.3 Å². The molecule has 0 spiro atoms. The highest BCUT2D eigenvalue weighted by atomic mass is 16.7. The number of rotatable bonds is 12. The predicted molar refractivity (Wildman–Crippen MR) is 186 cm³/mol. The van der Waals surface area contributed by atoms with Crippen molar-refractivity contribution in [2.75, 3.05) is 54.1 Å². The van der Waals surface area contributed by atoms with Gasteiger partial charge in [0, 0.05) is 51.2 Å². The van der Waals surface area contributed by atoms with Crippen molar-refractivity contribution in [1.29, 1.82) is 0 Å². The second-order valence-electron chi connectivity index (χ2n) is 17.6. The summed E-state index contributed by atoms with van der Waals surface area (Å²) in [5.41, 5.74) is 0.319.